The summed E-state index contributed by atoms with van der Waals surface area (Å²) in [5, 5.41) is 6.71. The van der Waals surface area contributed by atoms with Gasteiger partial charge in [0.15, 0.2) is 11.5 Å². The molecule has 2 aliphatic rings. The zero-order valence-corrected chi connectivity index (χ0v) is 12.4. The van der Waals surface area contributed by atoms with Crippen LogP contribution < -0.4 is 15.2 Å². The van der Waals surface area contributed by atoms with Gasteiger partial charge >= 0.3 is 0 Å². The molecule has 0 atom stereocenters. The summed E-state index contributed by atoms with van der Waals surface area (Å²) < 4.78 is 13.0. The number of halogens is 1. The number of nitrogens with two attached hydrogens (primary N) is 1. The molecule has 104 valence electrons. The third-order valence-electron chi connectivity index (χ3n) is 3.95. The molecule has 0 amide bonds. The fourth-order valence-electron chi connectivity index (χ4n) is 2.95. The Hall–Kier alpha value is -1.69. The molecule has 1 aliphatic carbocycles. The van der Waals surface area contributed by atoms with E-state index in [2.05, 4.69) is 26.1 Å². The predicted octanol–water partition coefficient (Wildman–Crippen LogP) is 3.46. The standard InChI is InChI=1S/C14H14BrN3O2/c15-10-6-12-11(19-14(20-12)3-1-2-4-14)5-8(10)9-7-17-18-13(9)16/h5-7H,1-4H2,(H3,16,17,18). The van der Waals surface area contributed by atoms with Crippen LogP contribution in [-0.2, 0) is 0 Å². The summed E-state index contributed by atoms with van der Waals surface area (Å²) in [6.45, 7) is 0. The summed E-state index contributed by atoms with van der Waals surface area (Å²) >= 11 is 3.57. The van der Waals surface area contributed by atoms with E-state index >= 15 is 0 Å². The van der Waals surface area contributed by atoms with Gasteiger partial charge in [-0.2, -0.15) is 5.10 Å². The molecule has 5 nitrogen and oxygen atoms in total. The van der Waals surface area contributed by atoms with Crippen molar-refractivity contribution in [2.45, 2.75) is 31.5 Å². The van der Waals surface area contributed by atoms with Gasteiger partial charge in [-0.3, -0.25) is 5.10 Å². The van der Waals surface area contributed by atoms with Crippen LogP contribution in [0.5, 0.6) is 11.5 Å². The minimum Gasteiger partial charge on any atom is -0.448 e. The van der Waals surface area contributed by atoms with Crippen molar-refractivity contribution in [3.05, 3.63) is 22.8 Å². The summed E-state index contributed by atoms with van der Waals surface area (Å²) in [5.41, 5.74) is 7.70. The van der Waals surface area contributed by atoms with Gasteiger partial charge in [-0.25, -0.2) is 0 Å². The van der Waals surface area contributed by atoms with Gasteiger partial charge in [0.2, 0.25) is 0 Å². The highest BCUT2D eigenvalue weighted by molar-refractivity contribution is 9.10. The monoisotopic (exact) mass is 335 g/mol. The first-order chi connectivity index (χ1) is 9.67. The Morgan fingerprint density at radius 1 is 1.15 bits per heavy atom. The van der Waals surface area contributed by atoms with E-state index in [0.717, 1.165) is 52.8 Å². The molecule has 2 aromatic rings. The first-order valence-corrected chi connectivity index (χ1v) is 7.47. The van der Waals surface area contributed by atoms with Crippen molar-refractivity contribution in [3.8, 4) is 22.6 Å². The zero-order chi connectivity index (χ0) is 13.7. The third kappa shape index (κ3) is 1.71. The minimum atomic E-state index is -0.442. The molecule has 6 heteroatoms. The molecule has 0 unspecified atom stereocenters. The lowest BCUT2D eigenvalue weighted by Crippen LogP contribution is -2.34. The molecule has 1 saturated carbocycles. The second kappa shape index (κ2) is 4.15. The van der Waals surface area contributed by atoms with Gasteiger partial charge in [-0.05, 0) is 25.0 Å². The molecule has 2 heterocycles. The van der Waals surface area contributed by atoms with E-state index in [9.17, 15) is 0 Å². The van der Waals surface area contributed by atoms with E-state index < -0.39 is 5.79 Å². The number of fused-ring (bicyclic) bond motifs is 1. The zero-order valence-electron chi connectivity index (χ0n) is 10.8. The normalized spacial score (nSPS) is 18.9. The van der Waals surface area contributed by atoms with E-state index in [1.54, 1.807) is 6.20 Å². The number of hydrogen-bond donors (Lipinski definition) is 2. The highest BCUT2D eigenvalue weighted by Crippen LogP contribution is 2.49. The summed E-state index contributed by atoms with van der Waals surface area (Å²) in [4.78, 5) is 0. The molecule has 0 radical (unpaired) electrons. The Labute approximate surface area is 124 Å². The number of ether oxygens (including phenoxy) is 2. The smallest absolute Gasteiger partial charge is 0.251 e. The fourth-order valence-corrected chi connectivity index (χ4v) is 3.49. The van der Waals surface area contributed by atoms with Crippen molar-refractivity contribution in [2.75, 3.05) is 5.73 Å². The van der Waals surface area contributed by atoms with Gasteiger partial charge in [0, 0.05) is 28.4 Å². The lowest BCUT2D eigenvalue weighted by Gasteiger charge is -2.21. The topological polar surface area (TPSA) is 73.2 Å². The maximum atomic E-state index is 6.07. The van der Waals surface area contributed by atoms with E-state index in [1.165, 1.54) is 0 Å². The molecule has 4 rings (SSSR count). The Balaban J connectivity index is 1.78. The number of aromatic amines is 1. The molecule has 1 fully saturated rings. The van der Waals surface area contributed by atoms with Gasteiger partial charge in [0.05, 0.1) is 6.20 Å². The Bertz CT molecular complexity index is 677. The minimum absolute atomic E-state index is 0.442. The van der Waals surface area contributed by atoms with Crippen LogP contribution in [0, 0.1) is 0 Å². The van der Waals surface area contributed by atoms with Crippen LogP contribution in [0.15, 0.2) is 22.8 Å². The maximum absolute atomic E-state index is 6.07. The van der Waals surface area contributed by atoms with E-state index in [-0.39, 0.29) is 0 Å². The number of nitrogens with zero attached hydrogens (tertiary/aromatic N) is 1. The molecule has 0 saturated heterocycles. The summed E-state index contributed by atoms with van der Waals surface area (Å²) in [5.74, 6) is 1.68. The molecular weight excluding hydrogens is 322 g/mol. The number of benzene rings is 1. The molecular formula is C14H14BrN3O2. The summed E-state index contributed by atoms with van der Waals surface area (Å²) in [6.07, 6.45) is 5.90. The van der Waals surface area contributed by atoms with Crippen LogP contribution in [0.3, 0.4) is 0 Å². The van der Waals surface area contributed by atoms with Crippen molar-refractivity contribution in [2.24, 2.45) is 0 Å². The van der Waals surface area contributed by atoms with Gasteiger partial charge in [0.25, 0.3) is 5.79 Å². The molecule has 3 N–H and O–H groups in total. The maximum Gasteiger partial charge on any atom is 0.251 e. The number of aromatic nitrogens is 2. The van der Waals surface area contributed by atoms with Crippen molar-refractivity contribution < 1.29 is 9.47 Å². The molecule has 1 spiro atoms. The second-order valence-corrected chi connectivity index (χ2v) is 6.15. The second-order valence-electron chi connectivity index (χ2n) is 5.30. The molecule has 1 aromatic heterocycles. The van der Waals surface area contributed by atoms with Crippen molar-refractivity contribution in [1.29, 1.82) is 0 Å². The average molecular weight is 336 g/mol. The molecule has 0 bridgehead atoms. The Morgan fingerprint density at radius 3 is 2.50 bits per heavy atom. The number of hydrogen-bond acceptors (Lipinski definition) is 4. The quantitative estimate of drug-likeness (QED) is 0.836. The van der Waals surface area contributed by atoms with Gasteiger partial charge in [-0.15, -0.1) is 0 Å². The average Bonchev–Trinajstić information content (AvgIpc) is 3.10. The van der Waals surface area contributed by atoms with E-state index in [4.69, 9.17) is 15.2 Å². The largest absolute Gasteiger partial charge is 0.448 e. The SMILES string of the molecule is Nc1[nH]ncc1-c1cc2c(cc1Br)OC1(CCCC1)O2. The predicted molar refractivity (Wildman–Crippen MR) is 78.6 cm³/mol. The lowest BCUT2D eigenvalue weighted by atomic mass is 10.1. The molecule has 20 heavy (non-hydrogen) atoms. The third-order valence-corrected chi connectivity index (χ3v) is 4.61. The van der Waals surface area contributed by atoms with Crippen LogP contribution in [0.4, 0.5) is 5.82 Å². The number of nitrogens with one attached hydrogen (secondary N) is 1. The lowest BCUT2D eigenvalue weighted by molar-refractivity contribution is -0.0716. The highest BCUT2D eigenvalue weighted by atomic mass is 79.9. The summed E-state index contributed by atoms with van der Waals surface area (Å²) in [7, 11) is 0. The fraction of sp³-hybridized carbons (Fsp3) is 0.357. The Morgan fingerprint density at radius 2 is 1.85 bits per heavy atom. The number of nitrogen functional groups attached to an aromatic ring is 1. The van der Waals surface area contributed by atoms with Crippen LogP contribution in [0.1, 0.15) is 25.7 Å². The highest BCUT2D eigenvalue weighted by Gasteiger charge is 2.44. The van der Waals surface area contributed by atoms with Crippen LogP contribution in [0.2, 0.25) is 0 Å². The van der Waals surface area contributed by atoms with Crippen LogP contribution in [0.25, 0.3) is 11.1 Å². The molecule has 1 aliphatic heterocycles. The van der Waals surface area contributed by atoms with Gasteiger partial charge in [-0.1, -0.05) is 15.9 Å². The van der Waals surface area contributed by atoms with Crippen LogP contribution in [-0.4, -0.2) is 16.0 Å². The van der Waals surface area contributed by atoms with Gasteiger partial charge in [0.1, 0.15) is 5.82 Å². The number of anilines is 1. The first-order valence-electron chi connectivity index (χ1n) is 6.68. The van der Waals surface area contributed by atoms with Crippen molar-refractivity contribution in [3.63, 3.8) is 0 Å². The van der Waals surface area contributed by atoms with E-state index in [0.29, 0.717) is 5.82 Å². The van der Waals surface area contributed by atoms with E-state index in [1.807, 2.05) is 12.1 Å². The number of H-pyrrole nitrogens is 1. The van der Waals surface area contributed by atoms with Gasteiger partial charge < -0.3 is 15.2 Å². The van der Waals surface area contributed by atoms with Crippen LogP contribution >= 0.6 is 15.9 Å². The Kier molecular flexibility index (Phi) is 2.51. The molecule has 1 aromatic carbocycles. The number of rotatable bonds is 1. The van der Waals surface area contributed by atoms with Crippen molar-refractivity contribution in [1.82, 2.24) is 10.2 Å². The van der Waals surface area contributed by atoms with Crippen molar-refractivity contribution >= 4 is 21.7 Å². The first kappa shape index (κ1) is 12.1. The summed E-state index contributed by atoms with van der Waals surface area (Å²) in [6, 6.07) is 3.91.